The second-order valence-corrected chi connectivity index (χ2v) is 11.7. The molecule has 3 aliphatic rings. The van der Waals surface area contributed by atoms with Gasteiger partial charge in [0.15, 0.2) is 0 Å². The number of nitrogens with zero attached hydrogens (tertiary/aromatic N) is 3. The van der Waals surface area contributed by atoms with Gasteiger partial charge >= 0.3 is 0 Å². The first kappa shape index (κ1) is 23.5. The Morgan fingerprint density at radius 1 is 0.974 bits per heavy atom. The van der Waals surface area contributed by atoms with Crippen LogP contribution in [0.4, 0.5) is 5.69 Å². The molecule has 4 heterocycles. The molecule has 3 aromatic carbocycles. The number of hydrogen-bond acceptors (Lipinski definition) is 5. The molecule has 2 saturated heterocycles. The molecular weight excluding hydrogens is 544 g/mol. The average Bonchev–Trinajstić information content (AvgIpc) is 3.47. The molecule has 1 N–H and O–H groups in total. The van der Waals surface area contributed by atoms with E-state index >= 15 is 0 Å². The highest BCUT2D eigenvalue weighted by Crippen LogP contribution is 2.56. The Labute approximate surface area is 227 Å². The smallest absolute Gasteiger partial charge is 0.266 e. The fraction of sp³-hybridized carbons (Fsp3) is 0.267. The molecule has 0 unspecified atom stereocenters. The van der Waals surface area contributed by atoms with Gasteiger partial charge in [-0.1, -0.05) is 66.2 Å². The molecule has 38 heavy (non-hydrogen) atoms. The molecule has 8 heteroatoms. The summed E-state index contributed by atoms with van der Waals surface area (Å²) in [4.78, 5) is 48.7. The van der Waals surface area contributed by atoms with Crippen molar-refractivity contribution in [1.82, 2.24) is 14.9 Å². The maximum absolute atomic E-state index is 14.4. The number of rotatable bonds is 3. The summed E-state index contributed by atoms with van der Waals surface area (Å²) in [5.74, 6) is -1.07. The molecule has 0 saturated carbocycles. The van der Waals surface area contributed by atoms with Crippen LogP contribution in [0, 0.1) is 17.8 Å². The lowest BCUT2D eigenvalue weighted by molar-refractivity contribution is -0.123. The number of halogens is 1. The van der Waals surface area contributed by atoms with E-state index in [-0.39, 0.29) is 29.3 Å². The van der Waals surface area contributed by atoms with Crippen molar-refractivity contribution in [2.45, 2.75) is 31.8 Å². The zero-order chi connectivity index (χ0) is 26.3. The van der Waals surface area contributed by atoms with Crippen molar-refractivity contribution in [3.05, 3.63) is 99.0 Å². The molecule has 0 bridgehead atoms. The number of carbonyl (C=O) groups is 2. The van der Waals surface area contributed by atoms with Gasteiger partial charge in [-0.15, -0.1) is 0 Å². The zero-order valence-electron chi connectivity index (χ0n) is 20.9. The highest BCUT2D eigenvalue weighted by atomic mass is 79.9. The molecule has 4 atom stereocenters. The number of carbonyl (C=O) groups excluding carboxylic acids is 2. The quantitative estimate of drug-likeness (QED) is 0.367. The molecule has 0 aliphatic carbocycles. The number of anilines is 1. The highest BCUT2D eigenvalue weighted by molar-refractivity contribution is 9.10. The molecule has 3 aliphatic heterocycles. The summed E-state index contributed by atoms with van der Waals surface area (Å²) in [6.45, 7) is 4.23. The van der Waals surface area contributed by atoms with Crippen molar-refractivity contribution in [2.75, 3.05) is 4.90 Å². The maximum atomic E-state index is 14.4. The van der Waals surface area contributed by atoms with Gasteiger partial charge < -0.3 is 0 Å². The predicted molar refractivity (Wildman–Crippen MR) is 148 cm³/mol. The van der Waals surface area contributed by atoms with Crippen LogP contribution in [-0.4, -0.2) is 27.4 Å². The van der Waals surface area contributed by atoms with E-state index in [0.29, 0.717) is 34.5 Å². The van der Waals surface area contributed by atoms with E-state index in [1.54, 1.807) is 22.8 Å². The molecule has 2 fully saturated rings. The minimum atomic E-state index is -1.11. The maximum Gasteiger partial charge on any atom is 0.266 e. The predicted octanol–water partition coefficient (Wildman–Crippen LogP) is 4.53. The molecular formula is C30H25BrN4O3. The number of hydrogen-bond donors (Lipinski definition) is 1. The molecule has 2 amide bonds. The standard InChI is InChI=1S/C30H25BrN4O3/c1-16(2)14-22-24-25(28(38)34(27(24)37)18-9-7-8-17(31)15-18)30(33-22)20-11-4-6-13-23(20)35-26(36)19-10-3-5-12-21(19)32-29(30)35/h3-13,15-16,22,24-25,33H,14H2,1-2H3/t22-,24-,25+,30-/m0/s1. The van der Waals surface area contributed by atoms with E-state index in [1.807, 2.05) is 54.6 Å². The molecule has 1 aromatic heterocycles. The summed E-state index contributed by atoms with van der Waals surface area (Å²) >= 11 is 3.48. The monoisotopic (exact) mass is 568 g/mol. The molecule has 7 rings (SSSR count). The SMILES string of the molecule is CC(C)C[C@@H]1N[C@@]2(c3ccccc3-n3c2nc2ccccc2c3=O)[C@H]2C(=O)N(c3cccc(Br)c3)C(=O)[C@@H]12. The lowest BCUT2D eigenvalue weighted by atomic mass is 9.75. The highest BCUT2D eigenvalue weighted by Gasteiger charge is 2.69. The third-order valence-corrected chi connectivity index (χ3v) is 8.65. The minimum absolute atomic E-state index is 0.179. The summed E-state index contributed by atoms with van der Waals surface area (Å²) < 4.78 is 2.43. The normalized spacial score (nSPS) is 25.5. The number of imide groups is 1. The number of aromatic nitrogens is 2. The number of para-hydroxylation sites is 2. The van der Waals surface area contributed by atoms with Crippen LogP contribution in [0.15, 0.2) is 82.1 Å². The van der Waals surface area contributed by atoms with E-state index in [1.165, 1.54) is 4.90 Å². The van der Waals surface area contributed by atoms with Gasteiger partial charge in [0.2, 0.25) is 11.8 Å². The van der Waals surface area contributed by atoms with Gasteiger partial charge in [-0.2, -0.15) is 0 Å². The number of fused-ring (bicyclic) bond motifs is 8. The Morgan fingerprint density at radius 2 is 1.74 bits per heavy atom. The van der Waals surface area contributed by atoms with Crippen LogP contribution in [0.25, 0.3) is 16.6 Å². The van der Waals surface area contributed by atoms with Crippen molar-refractivity contribution in [2.24, 2.45) is 17.8 Å². The third-order valence-electron chi connectivity index (χ3n) is 8.15. The first-order valence-electron chi connectivity index (χ1n) is 12.9. The second kappa shape index (κ2) is 8.19. The van der Waals surface area contributed by atoms with Crippen LogP contribution in [0.3, 0.4) is 0 Å². The average molecular weight is 569 g/mol. The van der Waals surface area contributed by atoms with Gasteiger partial charge in [0, 0.05) is 16.1 Å². The number of benzene rings is 3. The molecule has 4 aromatic rings. The van der Waals surface area contributed by atoms with Crippen molar-refractivity contribution in [3.63, 3.8) is 0 Å². The van der Waals surface area contributed by atoms with E-state index in [2.05, 4.69) is 35.1 Å². The fourth-order valence-corrected chi connectivity index (χ4v) is 7.19. The van der Waals surface area contributed by atoms with E-state index in [4.69, 9.17) is 4.98 Å². The Morgan fingerprint density at radius 3 is 2.53 bits per heavy atom. The van der Waals surface area contributed by atoms with Crippen LogP contribution in [0.2, 0.25) is 0 Å². The minimum Gasteiger partial charge on any atom is -0.297 e. The first-order chi connectivity index (χ1) is 18.3. The molecule has 190 valence electrons. The molecule has 7 nitrogen and oxygen atoms in total. The van der Waals surface area contributed by atoms with Crippen LogP contribution in [0.1, 0.15) is 31.7 Å². The topological polar surface area (TPSA) is 84.3 Å². The molecule has 0 radical (unpaired) electrons. The van der Waals surface area contributed by atoms with Crippen molar-refractivity contribution >= 4 is 44.3 Å². The number of nitrogens with one attached hydrogen (secondary N) is 1. The lowest BCUT2D eigenvalue weighted by Gasteiger charge is -2.32. The van der Waals surface area contributed by atoms with Crippen molar-refractivity contribution < 1.29 is 9.59 Å². The van der Waals surface area contributed by atoms with Crippen LogP contribution in [0.5, 0.6) is 0 Å². The largest absolute Gasteiger partial charge is 0.297 e. The summed E-state index contributed by atoms with van der Waals surface area (Å²) in [6.07, 6.45) is 0.703. The van der Waals surface area contributed by atoms with Gasteiger partial charge in [-0.05, 0) is 48.7 Å². The Kier molecular flexibility index (Phi) is 5.06. The Balaban J connectivity index is 1.52. The van der Waals surface area contributed by atoms with E-state index in [0.717, 1.165) is 10.0 Å². The number of amides is 2. The second-order valence-electron chi connectivity index (χ2n) is 10.8. The Hall–Kier alpha value is -3.62. The summed E-state index contributed by atoms with van der Waals surface area (Å²) in [5, 5.41) is 4.26. The van der Waals surface area contributed by atoms with Gasteiger partial charge in [0.25, 0.3) is 5.56 Å². The summed E-state index contributed by atoms with van der Waals surface area (Å²) in [7, 11) is 0. The third kappa shape index (κ3) is 2.98. The van der Waals surface area contributed by atoms with E-state index < -0.39 is 17.4 Å². The van der Waals surface area contributed by atoms with Gasteiger partial charge in [0.05, 0.1) is 34.1 Å². The van der Waals surface area contributed by atoms with Crippen LogP contribution >= 0.6 is 15.9 Å². The van der Waals surface area contributed by atoms with Gasteiger partial charge in [0.1, 0.15) is 11.4 Å². The van der Waals surface area contributed by atoms with Gasteiger partial charge in [-0.25, -0.2) is 9.88 Å². The van der Waals surface area contributed by atoms with Crippen molar-refractivity contribution in [1.29, 1.82) is 0 Å². The lowest BCUT2D eigenvalue weighted by Crippen LogP contribution is -2.50. The fourth-order valence-electron chi connectivity index (χ4n) is 6.80. The summed E-state index contributed by atoms with van der Waals surface area (Å²) in [5.41, 5.74) is 1.32. The first-order valence-corrected chi connectivity index (χ1v) is 13.7. The zero-order valence-corrected chi connectivity index (χ0v) is 22.5. The summed E-state index contributed by atoms with van der Waals surface area (Å²) in [6, 6.07) is 21.9. The van der Waals surface area contributed by atoms with Crippen molar-refractivity contribution in [3.8, 4) is 5.69 Å². The van der Waals surface area contributed by atoms with E-state index in [9.17, 15) is 14.4 Å². The van der Waals surface area contributed by atoms with Gasteiger partial charge in [-0.3, -0.25) is 24.3 Å². The van der Waals surface area contributed by atoms with Crippen LogP contribution in [-0.2, 0) is 15.1 Å². The Bertz CT molecular complexity index is 1730. The van der Waals surface area contributed by atoms with Crippen LogP contribution < -0.4 is 15.8 Å². The molecule has 1 spiro atoms.